The number of fused-ring (bicyclic) bond motifs is 3. The number of hydrogen-bond donors (Lipinski definition) is 0. The maximum absolute atomic E-state index is 12.0. The van der Waals surface area contributed by atoms with Gasteiger partial charge in [0.15, 0.2) is 5.78 Å². The molecule has 0 aromatic heterocycles. The molecule has 0 heterocycles. The lowest BCUT2D eigenvalue weighted by atomic mass is 9.67. The molecule has 0 spiro atoms. The largest absolute Gasteiger partial charge is 0.300 e. The first-order chi connectivity index (χ1) is 8.15. The van der Waals surface area contributed by atoms with Crippen molar-refractivity contribution in [3.05, 3.63) is 33.8 Å². The maximum atomic E-state index is 12.0. The zero-order valence-corrected chi connectivity index (χ0v) is 11.0. The number of Topliss-reactive ketones (excluding diaryl/α,β-unsaturated/α-hetero) is 2. The molecule has 0 saturated heterocycles. The van der Waals surface area contributed by atoms with Gasteiger partial charge in [-0.15, -0.1) is 0 Å². The van der Waals surface area contributed by atoms with Crippen LogP contribution in [-0.4, -0.2) is 11.6 Å². The molecule has 0 amide bonds. The van der Waals surface area contributed by atoms with Crippen LogP contribution in [0.1, 0.15) is 47.5 Å². The quantitative estimate of drug-likeness (QED) is 0.733. The van der Waals surface area contributed by atoms with Crippen LogP contribution in [0.15, 0.2) is 22.7 Å². The van der Waals surface area contributed by atoms with Gasteiger partial charge in [-0.2, -0.15) is 0 Å². The second-order valence-corrected chi connectivity index (χ2v) is 5.92. The molecule has 0 bridgehead atoms. The zero-order valence-electron chi connectivity index (χ0n) is 9.41. The van der Waals surface area contributed by atoms with Gasteiger partial charge in [0, 0.05) is 29.3 Å². The first-order valence-corrected chi connectivity index (χ1v) is 6.79. The van der Waals surface area contributed by atoms with Crippen molar-refractivity contribution in [3.8, 4) is 0 Å². The maximum Gasteiger partial charge on any atom is 0.163 e. The van der Waals surface area contributed by atoms with Gasteiger partial charge in [0.25, 0.3) is 0 Å². The monoisotopic (exact) mass is 292 g/mol. The molecule has 0 aliphatic heterocycles. The minimum Gasteiger partial charge on any atom is -0.300 e. The second kappa shape index (κ2) is 4.05. The SMILES string of the molecule is O=C1CC[C@H]2CC(=O)c3ccc(Br)cc3[C@H]2C1. The van der Waals surface area contributed by atoms with E-state index in [1.54, 1.807) is 0 Å². The highest BCUT2D eigenvalue weighted by molar-refractivity contribution is 9.10. The van der Waals surface area contributed by atoms with Gasteiger partial charge in [0.2, 0.25) is 0 Å². The molecule has 17 heavy (non-hydrogen) atoms. The highest BCUT2D eigenvalue weighted by Crippen LogP contribution is 2.44. The molecule has 2 aliphatic rings. The molecule has 1 saturated carbocycles. The van der Waals surface area contributed by atoms with E-state index in [9.17, 15) is 9.59 Å². The van der Waals surface area contributed by atoms with Crippen molar-refractivity contribution >= 4 is 27.5 Å². The van der Waals surface area contributed by atoms with Crippen LogP contribution in [0, 0.1) is 5.92 Å². The average Bonchev–Trinajstić information content (AvgIpc) is 2.30. The fourth-order valence-corrected chi connectivity index (χ4v) is 3.49. The molecule has 0 radical (unpaired) electrons. The van der Waals surface area contributed by atoms with Crippen LogP contribution in [-0.2, 0) is 4.79 Å². The van der Waals surface area contributed by atoms with E-state index < -0.39 is 0 Å². The van der Waals surface area contributed by atoms with Crippen LogP contribution in [0.2, 0.25) is 0 Å². The third-order valence-corrected chi connectivity index (χ3v) is 4.46. The summed E-state index contributed by atoms with van der Waals surface area (Å²) in [6.45, 7) is 0. The van der Waals surface area contributed by atoms with E-state index in [4.69, 9.17) is 0 Å². The first kappa shape index (κ1) is 11.1. The Morgan fingerprint density at radius 2 is 2.00 bits per heavy atom. The van der Waals surface area contributed by atoms with Crippen molar-refractivity contribution in [2.75, 3.05) is 0 Å². The summed E-state index contributed by atoms with van der Waals surface area (Å²) in [7, 11) is 0. The minimum absolute atomic E-state index is 0.239. The number of benzene rings is 1. The van der Waals surface area contributed by atoms with Crippen LogP contribution >= 0.6 is 15.9 Å². The standard InChI is InChI=1S/C14H13BrO2/c15-9-2-4-11-13(6-9)12-7-10(16)3-1-8(12)5-14(11)17/h2,4,6,8,12H,1,3,5,7H2/t8-,12-/m0/s1. The van der Waals surface area contributed by atoms with Gasteiger partial charge in [-0.1, -0.05) is 22.0 Å². The lowest BCUT2D eigenvalue weighted by Gasteiger charge is -2.35. The molecule has 88 valence electrons. The zero-order chi connectivity index (χ0) is 12.0. The molecule has 2 aliphatic carbocycles. The highest BCUT2D eigenvalue weighted by Gasteiger charge is 2.37. The summed E-state index contributed by atoms with van der Waals surface area (Å²) in [4.78, 5) is 23.6. The van der Waals surface area contributed by atoms with Crippen molar-refractivity contribution in [1.29, 1.82) is 0 Å². The molecule has 3 rings (SSSR count). The first-order valence-electron chi connectivity index (χ1n) is 5.99. The Balaban J connectivity index is 2.09. The smallest absolute Gasteiger partial charge is 0.163 e. The van der Waals surface area contributed by atoms with Gasteiger partial charge < -0.3 is 0 Å². The summed E-state index contributed by atoms with van der Waals surface area (Å²) < 4.78 is 0.989. The molecule has 1 fully saturated rings. The Morgan fingerprint density at radius 3 is 2.82 bits per heavy atom. The second-order valence-electron chi connectivity index (χ2n) is 5.01. The topological polar surface area (TPSA) is 34.1 Å². The molecule has 2 nitrogen and oxygen atoms in total. The van der Waals surface area contributed by atoms with Crippen LogP contribution in [0.25, 0.3) is 0 Å². The van der Waals surface area contributed by atoms with E-state index in [-0.39, 0.29) is 11.7 Å². The Morgan fingerprint density at radius 1 is 1.18 bits per heavy atom. The van der Waals surface area contributed by atoms with Gasteiger partial charge in [-0.25, -0.2) is 0 Å². The number of hydrogen-bond acceptors (Lipinski definition) is 2. The van der Waals surface area contributed by atoms with Gasteiger partial charge in [-0.05, 0) is 36.0 Å². The molecule has 0 unspecified atom stereocenters. The fourth-order valence-electron chi connectivity index (χ4n) is 3.11. The Kier molecular flexibility index (Phi) is 2.66. The highest BCUT2D eigenvalue weighted by atomic mass is 79.9. The third kappa shape index (κ3) is 1.86. The van der Waals surface area contributed by atoms with Crippen LogP contribution < -0.4 is 0 Å². The van der Waals surface area contributed by atoms with Crippen LogP contribution in [0.3, 0.4) is 0 Å². The predicted molar refractivity (Wildman–Crippen MR) is 68.2 cm³/mol. The number of halogens is 1. The lowest BCUT2D eigenvalue weighted by molar-refractivity contribution is -0.121. The van der Waals surface area contributed by atoms with E-state index in [0.29, 0.717) is 31.0 Å². The van der Waals surface area contributed by atoms with Crippen molar-refractivity contribution in [1.82, 2.24) is 0 Å². The van der Waals surface area contributed by atoms with E-state index in [0.717, 1.165) is 22.0 Å². The Hall–Kier alpha value is -0.960. The lowest BCUT2D eigenvalue weighted by Crippen LogP contribution is -2.30. The molecule has 2 atom stereocenters. The van der Waals surface area contributed by atoms with Gasteiger partial charge in [-0.3, -0.25) is 9.59 Å². The van der Waals surface area contributed by atoms with Crippen molar-refractivity contribution < 1.29 is 9.59 Å². The molecule has 0 N–H and O–H groups in total. The molecule has 1 aromatic carbocycles. The van der Waals surface area contributed by atoms with Crippen molar-refractivity contribution in [2.24, 2.45) is 5.92 Å². The van der Waals surface area contributed by atoms with Crippen LogP contribution in [0.5, 0.6) is 0 Å². The Labute approximate surface area is 109 Å². The predicted octanol–water partition coefficient (Wildman–Crippen LogP) is 3.49. The molecular weight excluding hydrogens is 280 g/mol. The number of rotatable bonds is 0. The van der Waals surface area contributed by atoms with E-state index in [1.165, 1.54) is 0 Å². The van der Waals surface area contributed by atoms with Crippen LogP contribution in [0.4, 0.5) is 0 Å². The van der Waals surface area contributed by atoms with Gasteiger partial charge in [0.1, 0.15) is 5.78 Å². The summed E-state index contributed by atoms with van der Waals surface area (Å²) >= 11 is 3.45. The van der Waals surface area contributed by atoms with Crippen molar-refractivity contribution in [2.45, 2.75) is 31.6 Å². The summed E-state index contributed by atoms with van der Waals surface area (Å²) in [5.41, 5.74) is 1.90. The average molecular weight is 293 g/mol. The van der Waals surface area contributed by atoms with E-state index >= 15 is 0 Å². The normalized spacial score (nSPS) is 27.6. The van der Waals surface area contributed by atoms with Crippen molar-refractivity contribution in [3.63, 3.8) is 0 Å². The summed E-state index contributed by atoms with van der Waals surface area (Å²) in [6, 6.07) is 5.81. The minimum atomic E-state index is 0.239. The number of ketones is 2. The van der Waals surface area contributed by atoms with Gasteiger partial charge in [0.05, 0.1) is 0 Å². The Bertz CT molecular complexity index is 507. The molecular formula is C14H13BrO2. The molecule has 1 aromatic rings. The third-order valence-electron chi connectivity index (χ3n) is 3.97. The summed E-state index contributed by atoms with van der Waals surface area (Å²) in [5.74, 6) is 1.22. The number of carbonyl (C=O) groups is 2. The molecule has 3 heteroatoms. The summed E-state index contributed by atoms with van der Waals surface area (Å²) in [5, 5.41) is 0. The number of carbonyl (C=O) groups excluding carboxylic acids is 2. The van der Waals surface area contributed by atoms with Gasteiger partial charge >= 0.3 is 0 Å². The van der Waals surface area contributed by atoms with E-state index in [1.807, 2.05) is 18.2 Å². The fraction of sp³-hybridized carbons (Fsp3) is 0.429. The van der Waals surface area contributed by atoms with E-state index in [2.05, 4.69) is 15.9 Å². The summed E-state index contributed by atoms with van der Waals surface area (Å²) in [6.07, 6.45) is 2.76.